The Hall–Kier alpha value is -1.03. The van der Waals surface area contributed by atoms with Crippen molar-refractivity contribution < 1.29 is 9.53 Å². The fourth-order valence-electron chi connectivity index (χ4n) is 1.76. The molecule has 0 saturated carbocycles. The molecule has 1 rings (SSSR count). The Bertz CT molecular complexity index is 432. The standard InChI is InChI=1S/C15H22BrNO2/c1-11(2)13-6-5-12(3)9-14(13)19-8-7-17(4)15(18)10-16/h5-6,9,11H,7-8,10H2,1-4H3. The first-order chi connectivity index (χ1) is 8.95. The van der Waals surface area contributed by atoms with Gasteiger partial charge in [0.25, 0.3) is 0 Å². The van der Waals surface area contributed by atoms with Crippen LogP contribution in [0, 0.1) is 6.92 Å². The highest BCUT2D eigenvalue weighted by Crippen LogP contribution is 2.27. The van der Waals surface area contributed by atoms with Crippen molar-refractivity contribution >= 4 is 21.8 Å². The third-order valence-electron chi connectivity index (χ3n) is 3.02. The van der Waals surface area contributed by atoms with Gasteiger partial charge in [-0.1, -0.05) is 41.9 Å². The van der Waals surface area contributed by atoms with Gasteiger partial charge in [0.15, 0.2) is 0 Å². The Morgan fingerprint density at radius 1 is 1.42 bits per heavy atom. The third kappa shape index (κ3) is 4.86. The number of halogens is 1. The largest absolute Gasteiger partial charge is 0.491 e. The molecule has 106 valence electrons. The molecule has 19 heavy (non-hydrogen) atoms. The molecule has 0 fully saturated rings. The molecule has 1 aromatic carbocycles. The number of amides is 1. The molecule has 0 unspecified atom stereocenters. The van der Waals surface area contributed by atoms with Crippen LogP contribution < -0.4 is 4.74 Å². The molecule has 0 aliphatic rings. The lowest BCUT2D eigenvalue weighted by molar-refractivity contribution is -0.127. The van der Waals surface area contributed by atoms with Crippen molar-refractivity contribution in [3.63, 3.8) is 0 Å². The molecule has 0 aromatic heterocycles. The molecular weight excluding hydrogens is 306 g/mol. The number of hydrogen-bond donors (Lipinski definition) is 0. The van der Waals surface area contributed by atoms with E-state index in [1.165, 1.54) is 11.1 Å². The predicted octanol–water partition coefficient (Wildman–Crippen LogP) is 3.35. The van der Waals surface area contributed by atoms with E-state index in [4.69, 9.17) is 4.74 Å². The average Bonchev–Trinajstić information content (AvgIpc) is 2.37. The number of carbonyl (C=O) groups is 1. The van der Waals surface area contributed by atoms with Gasteiger partial charge in [-0.3, -0.25) is 4.79 Å². The van der Waals surface area contributed by atoms with E-state index in [-0.39, 0.29) is 5.91 Å². The van der Waals surface area contributed by atoms with Crippen LogP contribution in [0.5, 0.6) is 5.75 Å². The monoisotopic (exact) mass is 327 g/mol. The fraction of sp³-hybridized carbons (Fsp3) is 0.533. The summed E-state index contributed by atoms with van der Waals surface area (Å²) in [4.78, 5) is 13.1. The molecule has 3 nitrogen and oxygen atoms in total. The molecule has 0 aliphatic heterocycles. The van der Waals surface area contributed by atoms with Crippen molar-refractivity contribution in [1.29, 1.82) is 0 Å². The summed E-state index contributed by atoms with van der Waals surface area (Å²) in [7, 11) is 1.78. The minimum atomic E-state index is 0.0666. The van der Waals surface area contributed by atoms with Crippen molar-refractivity contribution in [2.75, 3.05) is 25.5 Å². The molecule has 0 atom stereocenters. The molecule has 0 N–H and O–H groups in total. The minimum absolute atomic E-state index is 0.0666. The zero-order valence-corrected chi connectivity index (χ0v) is 13.7. The summed E-state index contributed by atoms with van der Waals surface area (Å²) in [5, 5.41) is 0.352. The van der Waals surface area contributed by atoms with E-state index >= 15 is 0 Å². The second-order valence-electron chi connectivity index (χ2n) is 4.99. The highest BCUT2D eigenvalue weighted by Gasteiger charge is 2.10. The van der Waals surface area contributed by atoms with Crippen LogP contribution in [0.1, 0.15) is 30.9 Å². The van der Waals surface area contributed by atoms with Crippen LogP contribution >= 0.6 is 15.9 Å². The number of aryl methyl sites for hydroxylation is 1. The van der Waals surface area contributed by atoms with E-state index < -0.39 is 0 Å². The van der Waals surface area contributed by atoms with Gasteiger partial charge in [-0.2, -0.15) is 0 Å². The van der Waals surface area contributed by atoms with Crippen LogP contribution in [0.2, 0.25) is 0 Å². The van der Waals surface area contributed by atoms with Gasteiger partial charge in [-0.15, -0.1) is 0 Å². The number of likely N-dealkylation sites (N-methyl/N-ethyl adjacent to an activating group) is 1. The van der Waals surface area contributed by atoms with Crippen molar-refractivity contribution in [3.05, 3.63) is 29.3 Å². The molecule has 0 spiro atoms. The fourth-order valence-corrected chi connectivity index (χ4v) is 2.19. The molecule has 0 heterocycles. The highest BCUT2D eigenvalue weighted by molar-refractivity contribution is 9.09. The number of nitrogens with zero attached hydrogens (tertiary/aromatic N) is 1. The molecule has 0 bridgehead atoms. The van der Waals surface area contributed by atoms with E-state index in [2.05, 4.69) is 54.9 Å². The minimum Gasteiger partial charge on any atom is -0.491 e. The first-order valence-electron chi connectivity index (χ1n) is 6.49. The lowest BCUT2D eigenvalue weighted by Gasteiger charge is -2.18. The van der Waals surface area contributed by atoms with Crippen molar-refractivity contribution in [2.45, 2.75) is 26.7 Å². The quantitative estimate of drug-likeness (QED) is 0.750. The van der Waals surface area contributed by atoms with E-state index in [0.29, 0.717) is 24.4 Å². The third-order valence-corrected chi connectivity index (χ3v) is 3.50. The van der Waals surface area contributed by atoms with Crippen LogP contribution in [0.15, 0.2) is 18.2 Å². The Labute approximate surface area is 124 Å². The number of alkyl halides is 1. The summed E-state index contributed by atoms with van der Waals surface area (Å²) < 4.78 is 5.84. The number of benzene rings is 1. The van der Waals surface area contributed by atoms with Crippen LogP contribution in [0.3, 0.4) is 0 Å². The summed E-state index contributed by atoms with van der Waals surface area (Å²) >= 11 is 3.16. The van der Waals surface area contributed by atoms with E-state index in [9.17, 15) is 4.79 Å². The van der Waals surface area contributed by atoms with E-state index in [0.717, 1.165) is 5.75 Å². The van der Waals surface area contributed by atoms with Gasteiger partial charge >= 0.3 is 0 Å². The maximum atomic E-state index is 11.4. The van der Waals surface area contributed by atoms with Crippen LogP contribution in [0.25, 0.3) is 0 Å². The number of ether oxygens (including phenoxy) is 1. The Morgan fingerprint density at radius 3 is 2.68 bits per heavy atom. The van der Waals surface area contributed by atoms with Gasteiger partial charge in [0, 0.05) is 7.05 Å². The summed E-state index contributed by atoms with van der Waals surface area (Å²) in [5.74, 6) is 1.42. The van der Waals surface area contributed by atoms with Gasteiger partial charge in [-0.25, -0.2) is 0 Å². The van der Waals surface area contributed by atoms with Crippen LogP contribution in [-0.4, -0.2) is 36.3 Å². The maximum absolute atomic E-state index is 11.4. The second-order valence-corrected chi connectivity index (χ2v) is 5.55. The average molecular weight is 328 g/mol. The van der Waals surface area contributed by atoms with Gasteiger partial charge in [0.1, 0.15) is 12.4 Å². The van der Waals surface area contributed by atoms with E-state index in [1.54, 1.807) is 11.9 Å². The topological polar surface area (TPSA) is 29.5 Å². The molecule has 0 aliphatic carbocycles. The molecule has 4 heteroatoms. The molecule has 1 aromatic rings. The SMILES string of the molecule is Cc1ccc(C(C)C)c(OCCN(C)C(=O)CBr)c1. The smallest absolute Gasteiger partial charge is 0.233 e. The Kier molecular flexibility index (Phi) is 6.35. The predicted molar refractivity (Wildman–Crippen MR) is 82.2 cm³/mol. The van der Waals surface area contributed by atoms with Gasteiger partial charge < -0.3 is 9.64 Å². The lowest BCUT2D eigenvalue weighted by atomic mass is 10.0. The zero-order valence-electron chi connectivity index (χ0n) is 12.1. The molecule has 0 radical (unpaired) electrons. The van der Waals surface area contributed by atoms with Crippen molar-refractivity contribution in [1.82, 2.24) is 4.90 Å². The van der Waals surface area contributed by atoms with Crippen LogP contribution in [0.4, 0.5) is 0 Å². The lowest BCUT2D eigenvalue weighted by Crippen LogP contribution is -2.31. The Balaban J connectivity index is 2.62. The van der Waals surface area contributed by atoms with Crippen molar-refractivity contribution in [2.24, 2.45) is 0 Å². The Morgan fingerprint density at radius 2 is 2.11 bits per heavy atom. The van der Waals surface area contributed by atoms with E-state index in [1.807, 2.05) is 0 Å². The summed E-state index contributed by atoms with van der Waals surface area (Å²) in [6, 6.07) is 6.27. The highest BCUT2D eigenvalue weighted by atomic mass is 79.9. The normalized spacial score (nSPS) is 10.6. The zero-order chi connectivity index (χ0) is 14.4. The molecule has 0 saturated heterocycles. The number of rotatable bonds is 6. The summed E-state index contributed by atoms with van der Waals surface area (Å²) in [6.45, 7) is 7.46. The number of carbonyl (C=O) groups excluding carboxylic acids is 1. The maximum Gasteiger partial charge on any atom is 0.233 e. The van der Waals surface area contributed by atoms with Gasteiger partial charge in [-0.05, 0) is 30.0 Å². The molecular formula is C15H22BrNO2. The summed E-state index contributed by atoms with van der Waals surface area (Å²) in [5.41, 5.74) is 2.39. The first-order valence-corrected chi connectivity index (χ1v) is 7.61. The van der Waals surface area contributed by atoms with Gasteiger partial charge in [0.2, 0.25) is 5.91 Å². The van der Waals surface area contributed by atoms with Gasteiger partial charge in [0.05, 0.1) is 11.9 Å². The second kappa shape index (κ2) is 7.53. The van der Waals surface area contributed by atoms with Crippen LogP contribution in [-0.2, 0) is 4.79 Å². The summed E-state index contributed by atoms with van der Waals surface area (Å²) in [6.07, 6.45) is 0. The molecule has 1 amide bonds. The number of hydrogen-bond acceptors (Lipinski definition) is 2. The first kappa shape index (κ1) is 16.0. The van der Waals surface area contributed by atoms with Crippen molar-refractivity contribution in [3.8, 4) is 5.75 Å².